The Labute approximate surface area is 152 Å². The highest BCUT2D eigenvalue weighted by molar-refractivity contribution is 5.95. The number of hydrogen-bond donors (Lipinski definition) is 2. The van der Waals surface area contributed by atoms with Gasteiger partial charge in [-0.2, -0.15) is 0 Å². The third-order valence-electron chi connectivity index (χ3n) is 4.48. The van der Waals surface area contributed by atoms with Crippen LogP contribution in [0.2, 0.25) is 0 Å². The summed E-state index contributed by atoms with van der Waals surface area (Å²) in [7, 11) is 0. The molecular formula is C19H24N4O3. The molecule has 0 spiro atoms. The molecule has 0 aliphatic carbocycles. The van der Waals surface area contributed by atoms with Gasteiger partial charge in [0.15, 0.2) is 5.82 Å². The average Bonchev–Trinajstić information content (AvgIpc) is 3.24. The second-order valence-electron chi connectivity index (χ2n) is 6.47. The topological polar surface area (TPSA) is 87.5 Å². The second-order valence-corrected chi connectivity index (χ2v) is 6.47. The van der Waals surface area contributed by atoms with E-state index in [9.17, 15) is 9.59 Å². The van der Waals surface area contributed by atoms with Crippen LogP contribution in [0.15, 0.2) is 34.9 Å². The Balaban J connectivity index is 1.54. The zero-order valence-corrected chi connectivity index (χ0v) is 15.1. The normalized spacial score (nSPS) is 15.3. The average molecular weight is 356 g/mol. The van der Waals surface area contributed by atoms with E-state index in [2.05, 4.69) is 15.8 Å². The number of hydrogen-bond acceptors (Lipinski definition) is 5. The lowest BCUT2D eigenvalue weighted by Crippen LogP contribution is -2.39. The first-order valence-electron chi connectivity index (χ1n) is 8.93. The smallest absolute Gasteiger partial charge is 0.242 e. The van der Waals surface area contributed by atoms with E-state index in [0.717, 1.165) is 24.2 Å². The molecule has 1 atom stereocenters. The molecule has 1 aliphatic rings. The van der Waals surface area contributed by atoms with Crippen molar-refractivity contribution in [3.05, 3.63) is 41.7 Å². The summed E-state index contributed by atoms with van der Waals surface area (Å²) in [5.74, 6) is 1.12. The number of benzene rings is 1. The summed E-state index contributed by atoms with van der Waals surface area (Å²) in [5.41, 5.74) is 1.99. The molecular weight excluding hydrogens is 332 g/mol. The Bertz CT molecular complexity index is 769. The van der Waals surface area contributed by atoms with Crippen molar-refractivity contribution in [2.24, 2.45) is 0 Å². The first kappa shape index (κ1) is 18.1. The zero-order chi connectivity index (χ0) is 18.5. The fourth-order valence-corrected chi connectivity index (χ4v) is 3.02. The molecule has 0 saturated carbocycles. The van der Waals surface area contributed by atoms with E-state index in [1.807, 2.05) is 36.1 Å². The number of carbonyl (C=O) groups excluding carboxylic acids is 2. The highest BCUT2D eigenvalue weighted by atomic mass is 16.5. The van der Waals surface area contributed by atoms with Crippen molar-refractivity contribution in [2.75, 3.05) is 16.8 Å². The van der Waals surface area contributed by atoms with Crippen molar-refractivity contribution < 1.29 is 14.1 Å². The maximum absolute atomic E-state index is 12.3. The lowest BCUT2D eigenvalue weighted by molar-refractivity contribution is -0.118. The Kier molecular flexibility index (Phi) is 5.68. The number of nitrogens with zero attached hydrogens (tertiary/aromatic N) is 2. The van der Waals surface area contributed by atoms with Crippen molar-refractivity contribution in [3.8, 4) is 0 Å². The van der Waals surface area contributed by atoms with Gasteiger partial charge in [0.2, 0.25) is 11.8 Å². The van der Waals surface area contributed by atoms with Gasteiger partial charge in [-0.3, -0.25) is 9.59 Å². The number of nitrogens with one attached hydrogen (secondary N) is 2. The van der Waals surface area contributed by atoms with Crippen LogP contribution in [0.1, 0.15) is 37.5 Å². The predicted molar refractivity (Wildman–Crippen MR) is 98.8 cm³/mol. The number of rotatable bonds is 7. The SMILES string of the molecule is CC[C@@H](NCc1ccc(N2CCCC2=O)cc1)C(=O)Nc1cc(C)on1. The molecule has 7 heteroatoms. The van der Waals surface area contributed by atoms with Crippen LogP contribution >= 0.6 is 0 Å². The molecule has 2 heterocycles. The molecule has 0 radical (unpaired) electrons. The first-order chi connectivity index (χ1) is 12.6. The van der Waals surface area contributed by atoms with Gasteiger partial charge in [-0.25, -0.2) is 0 Å². The van der Waals surface area contributed by atoms with Crippen molar-refractivity contribution in [2.45, 2.75) is 45.7 Å². The molecule has 26 heavy (non-hydrogen) atoms. The molecule has 1 aliphatic heterocycles. The van der Waals surface area contributed by atoms with Crippen LogP contribution in [-0.2, 0) is 16.1 Å². The lowest BCUT2D eigenvalue weighted by atomic mass is 10.1. The van der Waals surface area contributed by atoms with Gasteiger partial charge < -0.3 is 20.1 Å². The number of amides is 2. The molecule has 0 unspecified atom stereocenters. The van der Waals surface area contributed by atoms with Crippen LogP contribution in [0.4, 0.5) is 11.5 Å². The molecule has 3 rings (SSSR count). The van der Waals surface area contributed by atoms with Crippen LogP contribution < -0.4 is 15.5 Å². The fraction of sp³-hybridized carbons (Fsp3) is 0.421. The Morgan fingerprint density at radius 2 is 2.12 bits per heavy atom. The maximum atomic E-state index is 12.3. The molecule has 138 valence electrons. The summed E-state index contributed by atoms with van der Waals surface area (Å²) in [4.78, 5) is 26.0. The van der Waals surface area contributed by atoms with Crippen LogP contribution in [0, 0.1) is 6.92 Å². The zero-order valence-electron chi connectivity index (χ0n) is 15.1. The Morgan fingerprint density at radius 3 is 2.69 bits per heavy atom. The highest BCUT2D eigenvalue weighted by Gasteiger charge is 2.21. The van der Waals surface area contributed by atoms with E-state index in [1.54, 1.807) is 13.0 Å². The van der Waals surface area contributed by atoms with Gasteiger partial charge in [-0.1, -0.05) is 24.2 Å². The van der Waals surface area contributed by atoms with E-state index >= 15 is 0 Å². The van der Waals surface area contributed by atoms with Gasteiger partial charge in [-0.05, 0) is 37.5 Å². The van der Waals surface area contributed by atoms with Crippen LogP contribution in [0.5, 0.6) is 0 Å². The first-order valence-corrected chi connectivity index (χ1v) is 8.93. The number of aryl methyl sites for hydroxylation is 1. The molecule has 2 amide bonds. The quantitative estimate of drug-likeness (QED) is 0.796. The van der Waals surface area contributed by atoms with E-state index in [-0.39, 0.29) is 17.9 Å². The third-order valence-corrected chi connectivity index (χ3v) is 4.48. The number of carbonyl (C=O) groups is 2. The summed E-state index contributed by atoms with van der Waals surface area (Å²) < 4.78 is 4.96. The van der Waals surface area contributed by atoms with Gasteiger partial charge in [0.25, 0.3) is 0 Å². The summed E-state index contributed by atoms with van der Waals surface area (Å²) >= 11 is 0. The van der Waals surface area contributed by atoms with E-state index in [4.69, 9.17) is 4.52 Å². The van der Waals surface area contributed by atoms with Gasteiger partial charge in [0.1, 0.15) is 5.76 Å². The molecule has 1 saturated heterocycles. The van der Waals surface area contributed by atoms with E-state index < -0.39 is 0 Å². The Morgan fingerprint density at radius 1 is 1.35 bits per heavy atom. The minimum absolute atomic E-state index is 0.139. The molecule has 2 N–H and O–H groups in total. The van der Waals surface area contributed by atoms with Crippen molar-refractivity contribution in [3.63, 3.8) is 0 Å². The molecule has 1 fully saturated rings. The minimum Gasteiger partial charge on any atom is -0.360 e. The van der Waals surface area contributed by atoms with Crippen molar-refractivity contribution in [1.82, 2.24) is 10.5 Å². The second kappa shape index (κ2) is 8.14. The molecule has 2 aromatic rings. The van der Waals surface area contributed by atoms with E-state index in [1.165, 1.54) is 0 Å². The van der Waals surface area contributed by atoms with Gasteiger partial charge in [0.05, 0.1) is 6.04 Å². The maximum Gasteiger partial charge on any atom is 0.242 e. The Hall–Kier alpha value is -2.67. The summed E-state index contributed by atoms with van der Waals surface area (Å²) in [6.45, 7) is 5.08. The molecule has 0 bridgehead atoms. The van der Waals surface area contributed by atoms with Gasteiger partial charge >= 0.3 is 0 Å². The predicted octanol–water partition coefficient (Wildman–Crippen LogP) is 2.62. The summed E-state index contributed by atoms with van der Waals surface area (Å²) in [5, 5.41) is 9.79. The summed E-state index contributed by atoms with van der Waals surface area (Å²) in [6, 6.07) is 9.24. The van der Waals surface area contributed by atoms with Gasteiger partial charge in [0, 0.05) is 31.3 Å². The lowest BCUT2D eigenvalue weighted by Gasteiger charge is -2.18. The third kappa shape index (κ3) is 4.29. The number of aromatic nitrogens is 1. The fourth-order valence-electron chi connectivity index (χ4n) is 3.02. The standard InChI is InChI=1S/C19H24N4O3/c1-3-16(19(25)21-17-11-13(2)26-22-17)20-12-14-6-8-15(9-7-14)23-10-4-5-18(23)24/h6-9,11,16,20H,3-5,10,12H2,1-2H3,(H,21,22,25)/t16-/m1/s1. The molecule has 7 nitrogen and oxygen atoms in total. The monoisotopic (exact) mass is 356 g/mol. The largest absolute Gasteiger partial charge is 0.360 e. The van der Waals surface area contributed by atoms with Crippen LogP contribution in [0.3, 0.4) is 0 Å². The molecule has 1 aromatic heterocycles. The van der Waals surface area contributed by atoms with Crippen molar-refractivity contribution >= 4 is 23.3 Å². The molecule has 1 aromatic carbocycles. The minimum atomic E-state index is -0.327. The highest BCUT2D eigenvalue weighted by Crippen LogP contribution is 2.21. The van der Waals surface area contributed by atoms with Crippen molar-refractivity contribution in [1.29, 1.82) is 0 Å². The van der Waals surface area contributed by atoms with Crippen LogP contribution in [-0.4, -0.2) is 29.6 Å². The van der Waals surface area contributed by atoms with Crippen LogP contribution in [0.25, 0.3) is 0 Å². The summed E-state index contributed by atoms with van der Waals surface area (Å²) in [6.07, 6.45) is 2.20. The van der Waals surface area contributed by atoms with E-state index in [0.29, 0.717) is 31.0 Å². The van der Waals surface area contributed by atoms with Gasteiger partial charge in [-0.15, -0.1) is 0 Å². The number of anilines is 2.